The molecular formula is C23H30N4O2. The maximum absolute atomic E-state index is 12.5. The van der Waals surface area contributed by atoms with Gasteiger partial charge in [0.2, 0.25) is 5.91 Å². The molecular weight excluding hydrogens is 364 g/mol. The maximum Gasteiger partial charge on any atom is 0.251 e. The normalized spacial score (nSPS) is 18.8. The van der Waals surface area contributed by atoms with Gasteiger partial charge in [-0.1, -0.05) is 12.1 Å². The second-order valence-corrected chi connectivity index (χ2v) is 8.50. The second-order valence-electron chi connectivity index (χ2n) is 8.50. The van der Waals surface area contributed by atoms with Crippen LogP contribution in [0.3, 0.4) is 0 Å². The minimum absolute atomic E-state index is 0.0227. The predicted octanol–water partition coefficient (Wildman–Crippen LogP) is 2.58. The Hall–Kier alpha value is -2.63. The SMILES string of the molecule is Cn1nccc1CCC(=O)N1CCC(Cc2ccc(C(=O)NCC3CC3)cc2)C1. The van der Waals surface area contributed by atoms with E-state index in [-0.39, 0.29) is 11.8 Å². The average Bonchev–Trinajstić information content (AvgIpc) is 3.29. The lowest BCUT2D eigenvalue weighted by Crippen LogP contribution is -2.29. The summed E-state index contributed by atoms with van der Waals surface area (Å²) in [5.74, 6) is 1.44. The molecule has 1 N–H and O–H groups in total. The smallest absolute Gasteiger partial charge is 0.251 e. The molecule has 1 saturated carbocycles. The third-order valence-electron chi connectivity index (χ3n) is 6.14. The van der Waals surface area contributed by atoms with Gasteiger partial charge in [0.25, 0.3) is 5.91 Å². The molecule has 6 nitrogen and oxygen atoms in total. The first kappa shape index (κ1) is 19.7. The first-order valence-electron chi connectivity index (χ1n) is 10.7. The third-order valence-corrected chi connectivity index (χ3v) is 6.14. The maximum atomic E-state index is 12.5. The zero-order chi connectivity index (χ0) is 20.2. The van der Waals surface area contributed by atoms with E-state index in [0.717, 1.165) is 50.2 Å². The number of aromatic nitrogens is 2. The van der Waals surface area contributed by atoms with Crippen LogP contribution in [0.15, 0.2) is 36.5 Å². The molecule has 1 aromatic heterocycles. The van der Waals surface area contributed by atoms with Gasteiger partial charge in [0, 0.05) is 50.6 Å². The van der Waals surface area contributed by atoms with Crippen LogP contribution in [0.4, 0.5) is 0 Å². The Labute approximate surface area is 172 Å². The molecule has 154 valence electrons. The number of rotatable bonds is 8. The van der Waals surface area contributed by atoms with Gasteiger partial charge in [0.1, 0.15) is 0 Å². The summed E-state index contributed by atoms with van der Waals surface area (Å²) in [7, 11) is 1.91. The number of hydrogen-bond acceptors (Lipinski definition) is 3. The number of amides is 2. The number of benzene rings is 1. The molecule has 1 aliphatic carbocycles. The molecule has 1 aliphatic heterocycles. The van der Waals surface area contributed by atoms with Gasteiger partial charge < -0.3 is 10.2 Å². The fraction of sp³-hybridized carbons (Fsp3) is 0.522. The Bertz CT molecular complexity index is 854. The van der Waals surface area contributed by atoms with Crippen LogP contribution in [0.2, 0.25) is 0 Å². The van der Waals surface area contributed by atoms with Gasteiger partial charge in [-0.15, -0.1) is 0 Å². The zero-order valence-corrected chi connectivity index (χ0v) is 17.1. The minimum atomic E-state index is 0.0227. The Morgan fingerprint density at radius 2 is 1.90 bits per heavy atom. The summed E-state index contributed by atoms with van der Waals surface area (Å²) >= 11 is 0. The monoisotopic (exact) mass is 394 g/mol. The highest BCUT2D eigenvalue weighted by Gasteiger charge is 2.26. The molecule has 0 spiro atoms. The number of nitrogens with one attached hydrogen (secondary N) is 1. The molecule has 1 unspecified atom stereocenters. The van der Waals surface area contributed by atoms with Crippen molar-refractivity contribution >= 4 is 11.8 Å². The average molecular weight is 395 g/mol. The first-order valence-corrected chi connectivity index (χ1v) is 10.7. The zero-order valence-electron chi connectivity index (χ0n) is 17.1. The van der Waals surface area contributed by atoms with Gasteiger partial charge >= 0.3 is 0 Å². The van der Waals surface area contributed by atoms with E-state index in [4.69, 9.17) is 0 Å². The molecule has 2 heterocycles. The van der Waals surface area contributed by atoms with E-state index in [9.17, 15) is 9.59 Å². The Morgan fingerprint density at radius 3 is 2.59 bits per heavy atom. The van der Waals surface area contributed by atoms with Crippen molar-refractivity contribution in [1.82, 2.24) is 20.0 Å². The molecule has 2 aromatic rings. The van der Waals surface area contributed by atoms with Crippen LogP contribution < -0.4 is 5.32 Å². The molecule has 2 aliphatic rings. The van der Waals surface area contributed by atoms with Crippen LogP contribution >= 0.6 is 0 Å². The third kappa shape index (κ3) is 5.25. The fourth-order valence-corrected chi connectivity index (χ4v) is 4.05. The number of aryl methyl sites for hydroxylation is 2. The summed E-state index contributed by atoms with van der Waals surface area (Å²) in [6, 6.07) is 9.92. The van der Waals surface area contributed by atoms with Gasteiger partial charge in [0.15, 0.2) is 0 Å². The van der Waals surface area contributed by atoms with Gasteiger partial charge in [0.05, 0.1) is 0 Å². The molecule has 2 fully saturated rings. The summed E-state index contributed by atoms with van der Waals surface area (Å²) < 4.78 is 1.83. The van der Waals surface area contributed by atoms with Crippen molar-refractivity contribution in [2.24, 2.45) is 18.9 Å². The molecule has 1 aromatic carbocycles. The van der Waals surface area contributed by atoms with Crippen LogP contribution in [-0.4, -0.2) is 46.1 Å². The van der Waals surface area contributed by atoms with Crippen LogP contribution in [-0.2, 0) is 24.7 Å². The molecule has 2 amide bonds. The summed E-state index contributed by atoms with van der Waals surface area (Å²) in [6.07, 6.45) is 7.52. The van der Waals surface area contributed by atoms with Gasteiger partial charge in [-0.25, -0.2) is 0 Å². The summed E-state index contributed by atoms with van der Waals surface area (Å²) in [4.78, 5) is 26.7. The number of nitrogens with zero attached hydrogens (tertiary/aromatic N) is 3. The lowest BCUT2D eigenvalue weighted by molar-refractivity contribution is -0.130. The largest absolute Gasteiger partial charge is 0.352 e. The van der Waals surface area contributed by atoms with Crippen LogP contribution in [0.1, 0.15) is 47.3 Å². The van der Waals surface area contributed by atoms with E-state index in [2.05, 4.69) is 22.5 Å². The van der Waals surface area contributed by atoms with E-state index < -0.39 is 0 Å². The number of hydrogen-bond donors (Lipinski definition) is 1. The highest BCUT2D eigenvalue weighted by atomic mass is 16.2. The molecule has 0 bridgehead atoms. The molecule has 0 radical (unpaired) electrons. The first-order chi connectivity index (χ1) is 14.1. The van der Waals surface area contributed by atoms with Crippen molar-refractivity contribution in [3.8, 4) is 0 Å². The topological polar surface area (TPSA) is 67.2 Å². The number of carbonyl (C=O) groups excluding carboxylic acids is 2. The number of likely N-dealkylation sites (tertiary alicyclic amines) is 1. The van der Waals surface area contributed by atoms with Crippen molar-refractivity contribution < 1.29 is 9.59 Å². The highest BCUT2D eigenvalue weighted by Crippen LogP contribution is 2.27. The highest BCUT2D eigenvalue weighted by molar-refractivity contribution is 5.94. The summed E-state index contributed by atoms with van der Waals surface area (Å²) in [5.41, 5.74) is 3.06. The van der Waals surface area contributed by atoms with Gasteiger partial charge in [-0.05, 0) is 67.7 Å². The van der Waals surface area contributed by atoms with Gasteiger partial charge in [-0.3, -0.25) is 14.3 Å². The Kier molecular flexibility index (Phi) is 5.97. The van der Waals surface area contributed by atoms with Gasteiger partial charge in [-0.2, -0.15) is 5.10 Å². The summed E-state index contributed by atoms with van der Waals surface area (Å²) in [6.45, 7) is 2.47. The van der Waals surface area contributed by atoms with E-state index >= 15 is 0 Å². The molecule has 1 atom stereocenters. The minimum Gasteiger partial charge on any atom is -0.352 e. The van der Waals surface area contributed by atoms with Crippen molar-refractivity contribution in [2.45, 2.75) is 38.5 Å². The van der Waals surface area contributed by atoms with Crippen molar-refractivity contribution in [3.63, 3.8) is 0 Å². The lowest BCUT2D eigenvalue weighted by atomic mass is 9.98. The fourth-order valence-electron chi connectivity index (χ4n) is 4.05. The Morgan fingerprint density at radius 1 is 1.10 bits per heavy atom. The van der Waals surface area contributed by atoms with Crippen LogP contribution in [0, 0.1) is 11.8 Å². The number of carbonyl (C=O) groups is 2. The van der Waals surface area contributed by atoms with Crippen LogP contribution in [0.5, 0.6) is 0 Å². The van der Waals surface area contributed by atoms with Crippen molar-refractivity contribution in [1.29, 1.82) is 0 Å². The molecule has 1 saturated heterocycles. The van der Waals surface area contributed by atoms with E-state index in [1.165, 1.54) is 18.4 Å². The molecule has 4 rings (SSSR count). The standard InChI is InChI=1S/C23H30N4O2/c1-26-21(10-12-25-26)8-9-22(28)27-13-11-19(16-27)14-17-4-6-20(7-5-17)23(29)24-15-18-2-3-18/h4-7,10,12,18-19H,2-3,8-9,11,13-16H2,1H3,(H,24,29). The predicted molar refractivity (Wildman–Crippen MR) is 111 cm³/mol. The van der Waals surface area contributed by atoms with Crippen LogP contribution in [0.25, 0.3) is 0 Å². The molecule has 29 heavy (non-hydrogen) atoms. The summed E-state index contributed by atoms with van der Waals surface area (Å²) in [5, 5.41) is 7.16. The van der Waals surface area contributed by atoms with Crippen molar-refractivity contribution in [2.75, 3.05) is 19.6 Å². The molecule has 6 heteroatoms. The lowest BCUT2D eigenvalue weighted by Gasteiger charge is -2.17. The van der Waals surface area contributed by atoms with E-state index in [0.29, 0.717) is 18.3 Å². The van der Waals surface area contributed by atoms with Crippen molar-refractivity contribution in [3.05, 3.63) is 53.3 Å². The second kappa shape index (κ2) is 8.80. The quantitative estimate of drug-likeness (QED) is 0.748. The van der Waals surface area contributed by atoms with E-state index in [1.807, 2.05) is 34.8 Å². The Balaban J connectivity index is 1.22. The van der Waals surface area contributed by atoms with E-state index in [1.54, 1.807) is 6.20 Å².